The summed E-state index contributed by atoms with van der Waals surface area (Å²) in [7, 11) is 0. The number of rotatable bonds is 7. The van der Waals surface area contributed by atoms with E-state index in [0.717, 1.165) is 30.1 Å². The molecular weight excluding hydrogens is 323 g/mol. The van der Waals surface area contributed by atoms with Gasteiger partial charge >= 0.3 is 0 Å². The molecule has 1 nitrogen and oxygen atoms in total. The second-order valence-electron chi connectivity index (χ2n) is 8.19. The van der Waals surface area contributed by atoms with E-state index in [0.29, 0.717) is 12.3 Å². The normalized spacial score (nSPS) is 29.8. The average Bonchev–Trinajstić information content (AvgIpc) is 2.70. The average molecular weight is 359 g/mol. The maximum Gasteiger partial charge on any atom is 0.119 e. The topological polar surface area (TPSA) is 9.23 Å². The zero-order valence-corrected chi connectivity index (χ0v) is 16.3. The van der Waals surface area contributed by atoms with Crippen molar-refractivity contribution in [1.29, 1.82) is 0 Å². The molecule has 0 saturated heterocycles. The van der Waals surface area contributed by atoms with Gasteiger partial charge in [0.25, 0.3) is 0 Å². The minimum Gasteiger partial charge on any atom is -0.494 e. The van der Waals surface area contributed by atoms with E-state index in [-0.39, 0.29) is 6.67 Å². The first-order valence-corrected chi connectivity index (χ1v) is 10.8. The summed E-state index contributed by atoms with van der Waals surface area (Å²) in [6, 6.07) is 8.79. The van der Waals surface area contributed by atoms with Gasteiger partial charge in [-0.2, -0.15) is 0 Å². The highest BCUT2D eigenvalue weighted by atomic mass is 19.1. The van der Waals surface area contributed by atoms with Crippen LogP contribution >= 0.6 is 0 Å². The molecule has 144 valence electrons. The van der Waals surface area contributed by atoms with Crippen LogP contribution in [0.15, 0.2) is 36.4 Å². The van der Waals surface area contributed by atoms with Crippen molar-refractivity contribution in [3.8, 4) is 5.75 Å². The van der Waals surface area contributed by atoms with Gasteiger partial charge in [0, 0.05) is 0 Å². The molecule has 0 aliphatic heterocycles. The van der Waals surface area contributed by atoms with Gasteiger partial charge in [0.05, 0.1) is 13.3 Å². The maximum atomic E-state index is 12.2. The Labute approximate surface area is 159 Å². The summed E-state index contributed by atoms with van der Waals surface area (Å²) in [4.78, 5) is 0. The van der Waals surface area contributed by atoms with Crippen molar-refractivity contribution in [1.82, 2.24) is 0 Å². The van der Waals surface area contributed by atoms with Crippen molar-refractivity contribution < 1.29 is 9.13 Å². The number of ether oxygens (including phenoxy) is 1. The van der Waals surface area contributed by atoms with Crippen LogP contribution in [0.3, 0.4) is 0 Å². The first-order chi connectivity index (χ1) is 12.8. The molecular formula is C24H35FO. The highest BCUT2D eigenvalue weighted by molar-refractivity contribution is 5.29. The van der Waals surface area contributed by atoms with Crippen molar-refractivity contribution >= 4 is 0 Å². The Morgan fingerprint density at radius 2 is 1.54 bits per heavy atom. The molecule has 0 spiro atoms. The van der Waals surface area contributed by atoms with E-state index in [2.05, 4.69) is 30.3 Å². The molecule has 2 saturated carbocycles. The highest BCUT2D eigenvalue weighted by Crippen LogP contribution is 2.44. The number of benzene rings is 1. The van der Waals surface area contributed by atoms with E-state index >= 15 is 0 Å². The summed E-state index contributed by atoms with van der Waals surface area (Å²) in [5.41, 5.74) is 1.49. The molecule has 0 bridgehead atoms. The van der Waals surface area contributed by atoms with Crippen LogP contribution in [0.5, 0.6) is 5.75 Å². The fourth-order valence-corrected chi connectivity index (χ4v) is 5.09. The Kier molecular flexibility index (Phi) is 7.58. The van der Waals surface area contributed by atoms with Crippen molar-refractivity contribution in [3.05, 3.63) is 42.0 Å². The third-order valence-electron chi connectivity index (χ3n) is 6.60. The molecule has 0 N–H and O–H groups in total. The van der Waals surface area contributed by atoms with Gasteiger partial charge in [0.1, 0.15) is 5.75 Å². The number of hydrogen-bond donors (Lipinski definition) is 0. The van der Waals surface area contributed by atoms with Gasteiger partial charge in [0.15, 0.2) is 0 Å². The molecule has 0 radical (unpaired) electrons. The van der Waals surface area contributed by atoms with Crippen LogP contribution < -0.4 is 4.74 Å². The van der Waals surface area contributed by atoms with Gasteiger partial charge in [-0.15, -0.1) is 0 Å². The fraction of sp³-hybridized carbons (Fsp3) is 0.667. The first-order valence-electron chi connectivity index (χ1n) is 10.8. The predicted octanol–water partition coefficient (Wildman–Crippen LogP) is 7.08. The number of allylic oxidation sites excluding steroid dienone is 2. The monoisotopic (exact) mass is 358 g/mol. The smallest absolute Gasteiger partial charge is 0.119 e. The second-order valence-corrected chi connectivity index (χ2v) is 8.19. The lowest BCUT2D eigenvalue weighted by molar-refractivity contribution is 0.171. The molecule has 2 fully saturated rings. The Morgan fingerprint density at radius 1 is 0.923 bits per heavy atom. The first kappa shape index (κ1) is 19.5. The van der Waals surface area contributed by atoms with Gasteiger partial charge in [-0.3, -0.25) is 4.39 Å². The lowest BCUT2D eigenvalue weighted by Gasteiger charge is -2.37. The van der Waals surface area contributed by atoms with Crippen molar-refractivity contribution in [2.45, 2.75) is 70.6 Å². The third-order valence-corrected chi connectivity index (χ3v) is 6.60. The Bertz CT molecular complexity index is 534. The SMILES string of the molecule is CCOc1ccc(C2CCC([C@H]3CC[C@H](/C=C/CCF)CC3)CC2)cc1. The van der Waals surface area contributed by atoms with E-state index in [1.165, 1.54) is 56.9 Å². The van der Waals surface area contributed by atoms with Crippen LogP contribution in [0.2, 0.25) is 0 Å². The standard InChI is InChI=1S/C24H35FO/c1-2-26-24-16-14-23(15-17-24)22-12-10-21(11-13-22)20-8-6-19(7-9-20)5-3-4-18-25/h3,5,14-17,19-22H,2,4,6-13,18H2,1H3/b5-3+/t19-,20-,21?,22?. The maximum absolute atomic E-state index is 12.2. The fourth-order valence-electron chi connectivity index (χ4n) is 5.09. The summed E-state index contributed by atoms with van der Waals surface area (Å²) in [5.74, 6) is 4.30. The van der Waals surface area contributed by atoms with E-state index < -0.39 is 0 Å². The largest absolute Gasteiger partial charge is 0.494 e. The van der Waals surface area contributed by atoms with Gasteiger partial charge < -0.3 is 4.74 Å². The van der Waals surface area contributed by atoms with E-state index in [1.807, 2.05) is 13.0 Å². The van der Waals surface area contributed by atoms with Crippen molar-refractivity contribution in [2.24, 2.45) is 17.8 Å². The number of halogens is 1. The summed E-state index contributed by atoms with van der Waals surface area (Å²) in [5, 5.41) is 0. The number of hydrogen-bond acceptors (Lipinski definition) is 1. The van der Waals surface area contributed by atoms with Crippen LogP contribution in [0, 0.1) is 17.8 Å². The zero-order valence-electron chi connectivity index (χ0n) is 16.3. The minimum absolute atomic E-state index is 0.219. The van der Waals surface area contributed by atoms with Crippen LogP contribution in [0.1, 0.15) is 76.2 Å². The van der Waals surface area contributed by atoms with Gasteiger partial charge in [-0.1, -0.05) is 24.3 Å². The molecule has 0 heterocycles. The van der Waals surface area contributed by atoms with Crippen LogP contribution in [0.25, 0.3) is 0 Å². The minimum atomic E-state index is -0.219. The molecule has 1 aromatic carbocycles. The van der Waals surface area contributed by atoms with Gasteiger partial charge in [-0.25, -0.2) is 0 Å². The zero-order chi connectivity index (χ0) is 18.2. The number of alkyl halides is 1. The summed E-state index contributed by atoms with van der Waals surface area (Å²) in [6.45, 7) is 2.55. The Hall–Kier alpha value is -1.31. The molecule has 26 heavy (non-hydrogen) atoms. The predicted molar refractivity (Wildman–Crippen MR) is 107 cm³/mol. The molecule has 2 aliphatic rings. The third kappa shape index (κ3) is 5.34. The molecule has 3 rings (SSSR count). The Morgan fingerprint density at radius 3 is 2.12 bits per heavy atom. The van der Waals surface area contributed by atoms with E-state index in [4.69, 9.17) is 4.74 Å². The van der Waals surface area contributed by atoms with E-state index in [1.54, 1.807) is 0 Å². The van der Waals surface area contributed by atoms with Crippen LogP contribution in [-0.4, -0.2) is 13.3 Å². The molecule has 0 amide bonds. The quantitative estimate of drug-likeness (QED) is 0.473. The van der Waals surface area contributed by atoms with Crippen LogP contribution in [0.4, 0.5) is 4.39 Å². The van der Waals surface area contributed by atoms with Gasteiger partial charge in [-0.05, 0) is 106 Å². The molecule has 0 aromatic heterocycles. The van der Waals surface area contributed by atoms with Crippen molar-refractivity contribution in [2.75, 3.05) is 13.3 Å². The summed E-state index contributed by atoms with van der Waals surface area (Å²) < 4.78 is 17.8. The van der Waals surface area contributed by atoms with Gasteiger partial charge in [0.2, 0.25) is 0 Å². The molecule has 0 unspecified atom stereocenters. The Balaban J connectivity index is 1.42. The highest BCUT2D eigenvalue weighted by Gasteiger charge is 2.30. The molecule has 0 atom stereocenters. The second kappa shape index (κ2) is 10.1. The molecule has 2 aliphatic carbocycles. The molecule has 2 heteroatoms. The lowest BCUT2D eigenvalue weighted by atomic mass is 9.68. The van der Waals surface area contributed by atoms with Crippen LogP contribution in [-0.2, 0) is 0 Å². The summed E-state index contributed by atoms with van der Waals surface area (Å²) >= 11 is 0. The van der Waals surface area contributed by atoms with Crippen molar-refractivity contribution in [3.63, 3.8) is 0 Å². The lowest BCUT2D eigenvalue weighted by Crippen LogP contribution is -2.25. The van der Waals surface area contributed by atoms with E-state index in [9.17, 15) is 4.39 Å². The molecule has 1 aromatic rings. The summed E-state index contributed by atoms with van der Waals surface area (Å²) in [6.07, 6.45) is 15.8.